The second-order valence-corrected chi connectivity index (χ2v) is 6.38. The van der Waals surface area contributed by atoms with Gasteiger partial charge in [-0.25, -0.2) is 0 Å². The van der Waals surface area contributed by atoms with Gasteiger partial charge in [0.15, 0.2) is 5.96 Å². The van der Waals surface area contributed by atoms with Gasteiger partial charge in [0, 0.05) is 53.3 Å². The van der Waals surface area contributed by atoms with Crippen LogP contribution in [0.1, 0.15) is 29.3 Å². The van der Waals surface area contributed by atoms with Crippen LogP contribution in [-0.4, -0.2) is 75.4 Å². The molecule has 0 radical (unpaired) electrons. The predicted molar refractivity (Wildman–Crippen MR) is 105 cm³/mol. The van der Waals surface area contributed by atoms with Gasteiger partial charge in [0.25, 0.3) is 5.91 Å². The third-order valence-electron chi connectivity index (χ3n) is 3.72. The minimum Gasteiger partial charge on any atom is -0.357 e. The zero-order valence-corrected chi connectivity index (χ0v) is 16.5. The summed E-state index contributed by atoms with van der Waals surface area (Å²) in [4.78, 5) is 31.2. The summed E-state index contributed by atoms with van der Waals surface area (Å²) in [6, 6.07) is 7.66. The molecule has 2 N–H and O–H groups in total. The van der Waals surface area contributed by atoms with Gasteiger partial charge in [-0.1, -0.05) is 12.1 Å². The Labute approximate surface area is 156 Å². The van der Waals surface area contributed by atoms with E-state index in [2.05, 4.69) is 15.6 Å². The number of aliphatic imine (C=N–C) groups is 1. The van der Waals surface area contributed by atoms with Crippen LogP contribution in [-0.2, 0) is 11.2 Å². The van der Waals surface area contributed by atoms with E-state index in [1.54, 1.807) is 38.0 Å². The van der Waals surface area contributed by atoms with E-state index in [9.17, 15) is 9.59 Å². The number of nitrogens with one attached hydrogen (secondary N) is 2. The highest BCUT2D eigenvalue weighted by Crippen LogP contribution is 2.07. The largest absolute Gasteiger partial charge is 0.357 e. The second-order valence-electron chi connectivity index (χ2n) is 6.38. The van der Waals surface area contributed by atoms with Crippen LogP contribution < -0.4 is 10.6 Å². The minimum atomic E-state index is 0.000250. The monoisotopic (exact) mass is 361 g/mol. The first-order valence-electron chi connectivity index (χ1n) is 8.88. The Hall–Kier alpha value is -2.57. The lowest BCUT2D eigenvalue weighted by Crippen LogP contribution is -2.38. The van der Waals surface area contributed by atoms with E-state index in [0.717, 1.165) is 18.5 Å². The summed E-state index contributed by atoms with van der Waals surface area (Å²) in [5.41, 5.74) is 1.78. The lowest BCUT2D eigenvalue weighted by molar-refractivity contribution is -0.128. The number of carbonyl (C=O) groups excluding carboxylic acids is 2. The molecule has 0 unspecified atom stereocenters. The number of hydrogen-bond acceptors (Lipinski definition) is 3. The first-order chi connectivity index (χ1) is 12.3. The van der Waals surface area contributed by atoms with Crippen molar-refractivity contribution in [2.45, 2.75) is 19.8 Å². The molecule has 7 heteroatoms. The molecule has 26 heavy (non-hydrogen) atoms. The van der Waals surface area contributed by atoms with Crippen molar-refractivity contribution in [3.63, 3.8) is 0 Å². The van der Waals surface area contributed by atoms with E-state index in [0.29, 0.717) is 31.0 Å². The zero-order valence-electron chi connectivity index (χ0n) is 16.5. The summed E-state index contributed by atoms with van der Waals surface area (Å²) in [5.74, 6) is 0.756. The molecule has 0 saturated carbocycles. The van der Waals surface area contributed by atoms with Gasteiger partial charge in [-0.05, 0) is 31.0 Å². The van der Waals surface area contributed by atoms with Gasteiger partial charge in [-0.3, -0.25) is 14.6 Å². The van der Waals surface area contributed by atoms with E-state index in [-0.39, 0.29) is 11.8 Å². The zero-order chi connectivity index (χ0) is 19.5. The number of amides is 2. The van der Waals surface area contributed by atoms with Crippen molar-refractivity contribution >= 4 is 17.8 Å². The molecule has 0 atom stereocenters. The van der Waals surface area contributed by atoms with Gasteiger partial charge >= 0.3 is 0 Å². The van der Waals surface area contributed by atoms with Gasteiger partial charge in [0.2, 0.25) is 5.91 Å². The number of carbonyl (C=O) groups is 2. The van der Waals surface area contributed by atoms with E-state index >= 15 is 0 Å². The molecule has 7 nitrogen and oxygen atoms in total. The molecule has 0 spiro atoms. The van der Waals surface area contributed by atoms with Crippen molar-refractivity contribution in [3.8, 4) is 0 Å². The fourth-order valence-corrected chi connectivity index (χ4v) is 2.27. The Morgan fingerprint density at radius 1 is 1.08 bits per heavy atom. The summed E-state index contributed by atoms with van der Waals surface area (Å²) in [5, 5.41) is 6.43. The summed E-state index contributed by atoms with van der Waals surface area (Å²) in [6.07, 6.45) is 1.16. The number of nitrogens with zero attached hydrogens (tertiary/aromatic N) is 3. The van der Waals surface area contributed by atoms with Gasteiger partial charge in [0.05, 0.1) is 6.54 Å². The van der Waals surface area contributed by atoms with Crippen LogP contribution >= 0.6 is 0 Å². The fraction of sp³-hybridized carbons (Fsp3) is 0.526. The van der Waals surface area contributed by atoms with Crippen molar-refractivity contribution in [1.82, 2.24) is 20.4 Å². The normalized spacial score (nSPS) is 11.0. The molecule has 1 aromatic rings. The molecule has 0 bridgehead atoms. The van der Waals surface area contributed by atoms with Crippen molar-refractivity contribution in [2.75, 3.05) is 47.8 Å². The molecule has 1 rings (SSSR count). The van der Waals surface area contributed by atoms with Crippen molar-refractivity contribution in [3.05, 3.63) is 35.4 Å². The standard InChI is InChI=1S/C19H31N5O2/c1-6-20-19(22-13-11-17(25)23(2)3)21-12-10-15-8-7-9-16(14-15)18(26)24(4)5/h7-9,14H,6,10-13H2,1-5H3,(H2,20,21,22). The molecular weight excluding hydrogens is 330 g/mol. The number of hydrogen-bond donors (Lipinski definition) is 2. The minimum absolute atomic E-state index is 0.000250. The first kappa shape index (κ1) is 21.5. The molecule has 0 fully saturated rings. The van der Waals surface area contributed by atoms with Crippen LogP contribution in [0.4, 0.5) is 0 Å². The highest BCUT2D eigenvalue weighted by molar-refractivity contribution is 5.94. The average Bonchev–Trinajstić information content (AvgIpc) is 2.61. The Morgan fingerprint density at radius 3 is 2.42 bits per heavy atom. The van der Waals surface area contributed by atoms with Gasteiger partial charge in [-0.2, -0.15) is 0 Å². The van der Waals surface area contributed by atoms with Crippen molar-refractivity contribution in [2.24, 2.45) is 4.99 Å². The highest BCUT2D eigenvalue weighted by atomic mass is 16.2. The number of guanidine groups is 1. The maximum Gasteiger partial charge on any atom is 0.253 e. The molecular formula is C19H31N5O2. The van der Waals surface area contributed by atoms with Crippen molar-refractivity contribution < 1.29 is 9.59 Å². The second kappa shape index (κ2) is 11.1. The molecule has 144 valence electrons. The van der Waals surface area contributed by atoms with Crippen molar-refractivity contribution in [1.29, 1.82) is 0 Å². The molecule has 1 aromatic carbocycles. The average molecular weight is 361 g/mol. The molecule has 0 aromatic heterocycles. The summed E-state index contributed by atoms with van der Waals surface area (Å²) < 4.78 is 0. The summed E-state index contributed by atoms with van der Waals surface area (Å²) >= 11 is 0. The summed E-state index contributed by atoms with van der Waals surface area (Å²) in [7, 11) is 6.98. The molecule has 0 heterocycles. The van der Waals surface area contributed by atoms with Gasteiger partial charge in [0.1, 0.15) is 0 Å². The first-order valence-corrected chi connectivity index (χ1v) is 8.88. The lowest BCUT2D eigenvalue weighted by atomic mass is 10.1. The van der Waals surface area contributed by atoms with E-state index in [4.69, 9.17) is 0 Å². The van der Waals surface area contributed by atoms with Crippen LogP contribution in [0.5, 0.6) is 0 Å². The highest BCUT2D eigenvalue weighted by Gasteiger charge is 2.08. The maximum atomic E-state index is 12.0. The summed E-state index contributed by atoms with van der Waals surface area (Å²) in [6.45, 7) is 3.88. The molecule has 2 amide bonds. The van der Waals surface area contributed by atoms with E-state index in [1.807, 2.05) is 31.2 Å². The molecule has 0 aliphatic carbocycles. The molecule has 0 aliphatic rings. The van der Waals surface area contributed by atoms with Crippen LogP contribution in [0.15, 0.2) is 29.3 Å². The molecule has 0 saturated heterocycles. The predicted octanol–water partition coefficient (Wildman–Crippen LogP) is 0.964. The Bertz CT molecular complexity index is 626. The van der Waals surface area contributed by atoms with Crippen LogP contribution in [0, 0.1) is 0 Å². The third kappa shape index (κ3) is 7.55. The SMILES string of the molecule is CCNC(=NCCC(=O)N(C)C)NCCc1cccc(C(=O)N(C)C)c1. The van der Waals surface area contributed by atoms with E-state index in [1.165, 1.54) is 0 Å². The van der Waals surface area contributed by atoms with Crippen LogP contribution in [0.3, 0.4) is 0 Å². The lowest BCUT2D eigenvalue weighted by Gasteiger charge is -2.13. The smallest absolute Gasteiger partial charge is 0.253 e. The van der Waals surface area contributed by atoms with Crippen LogP contribution in [0.2, 0.25) is 0 Å². The Balaban J connectivity index is 2.56. The van der Waals surface area contributed by atoms with Gasteiger partial charge in [-0.15, -0.1) is 0 Å². The fourth-order valence-electron chi connectivity index (χ4n) is 2.27. The Morgan fingerprint density at radius 2 is 1.81 bits per heavy atom. The number of benzene rings is 1. The van der Waals surface area contributed by atoms with Gasteiger partial charge < -0.3 is 20.4 Å². The van der Waals surface area contributed by atoms with Crippen LogP contribution in [0.25, 0.3) is 0 Å². The quantitative estimate of drug-likeness (QED) is 0.534. The van der Waals surface area contributed by atoms with E-state index < -0.39 is 0 Å². The number of rotatable bonds is 8. The Kier molecular flexibility index (Phi) is 9.19. The topological polar surface area (TPSA) is 77.0 Å². The molecule has 0 aliphatic heterocycles. The maximum absolute atomic E-state index is 12.0. The third-order valence-corrected chi connectivity index (χ3v) is 3.72.